The number of rotatable bonds is 6. The van der Waals surface area contributed by atoms with Gasteiger partial charge in [0, 0.05) is 6.04 Å². The zero-order valence-corrected chi connectivity index (χ0v) is 9.28. The molecule has 1 atom stereocenters. The normalized spacial score (nSPS) is 11.6. The topological polar surface area (TPSA) is 105 Å². The van der Waals surface area contributed by atoms with Gasteiger partial charge >= 0.3 is 12.0 Å². The molecule has 0 saturated heterocycles. The molecule has 7 heteroatoms. The van der Waals surface area contributed by atoms with Crippen LogP contribution in [0, 0.1) is 0 Å². The lowest BCUT2D eigenvalue weighted by molar-refractivity contribution is -0.143. The molecule has 0 radical (unpaired) electrons. The Morgan fingerprint density at radius 2 is 1.94 bits per heavy atom. The van der Waals surface area contributed by atoms with Crippen LogP contribution in [0.3, 0.4) is 0 Å². The second-order valence-electron chi connectivity index (χ2n) is 3.22. The Morgan fingerprint density at radius 1 is 1.31 bits per heavy atom. The maximum atomic E-state index is 11.1. The number of hydrogen-bond acceptors (Lipinski definition) is 4. The quantitative estimate of drug-likeness (QED) is 0.583. The largest absolute Gasteiger partial charge is 0.480 e. The molecular formula is C9H16N2O5. The van der Waals surface area contributed by atoms with E-state index in [9.17, 15) is 14.4 Å². The molecular weight excluding hydrogens is 216 g/mol. The monoisotopic (exact) mass is 232 g/mol. The van der Waals surface area contributed by atoms with Crippen LogP contribution in [-0.2, 0) is 14.3 Å². The number of carboxylic acid groups (broad SMARTS) is 1. The third kappa shape index (κ3) is 7.74. The fourth-order valence-electron chi connectivity index (χ4n) is 0.756. The van der Waals surface area contributed by atoms with Gasteiger partial charge < -0.3 is 15.2 Å². The first-order valence-electron chi connectivity index (χ1n) is 4.85. The Balaban J connectivity index is 3.70. The van der Waals surface area contributed by atoms with Gasteiger partial charge in [0.05, 0.1) is 0 Å². The highest BCUT2D eigenvalue weighted by molar-refractivity contribution is 5.95. The van der Waals surface area contributed by atoms with E-state index >= 15 is 0 Å². The van der Waals surface area contributed by atoms with Crippen molar-refractivity contribution in [2.75, 3.05) is 13.2 Å². The molecule has 0 fully saturated rings. The number of carbonyl (C=O) groups is 3. The number of nitrogens with one attached hydrogen (secondary N) is 2. The minimum atomic E-state index is -1.17. The molecule has 92 valence electrons. The highest BCUT2D eigenvalue weighted by Crippen LogP contribution is 1.86. The van der Waals surface area contributed by atoms with Crippen LogP contribution in [0.1, 0.15) is 20.3 Å². The van der Waals surface area contributed by atoms with E-state index < -0.39 is 31.1 Å². The zero-order valence-electron chi connectivity index (χ0n) is 9.28. The van der Waals surface area contributed by atoms with Crippen LogP contribution in [-0.4, -0.2) is 42.3 Å². The van der Waals surface area contributed by atoms with E-state index in [1.54, 1.807) is 6.92 Å². The number of amides is 3. The first kappa shape index (κ1) is 14.4. The maximum absolute atomic E-state index is 11.1. The van der Waals surface area contributed by atoms with Gasteiger partial charge in [0.25, 0.3) is 5.91 Å². The van der Waals surface area contributed by atoms with E-state index in [-0.39, 0.29) is 6.04 Å². The summed E-state index contributed by atoms with van der Waals surface area (Å²) in [4.78, 5) is 32.2. The van der Waals surface area contributed by atoms with E-state index in [1.165, 1.54) is 0 Å². The molecule has 0 aromatic carbocycles. The smallest absolute Gasteiger partial charge is 0.329 e. The van der Waals surface area contributed by atoms with Crippen molar-refractivity contribution in [3.8, 4) is 0 Å². The minimum absolute atomic E-state index is 0.0345. The Labute approximate surface area is 93.2 Å². The lowest BCUT2D eigenvalue weighted by Crippen LogP contribution is -2.44. The number of imide groups is 1. The molecule has 0 aromatic heterocycles. The lowest BCUT2D eigenvalue weighted by atomic mass is 10.3. The third-order valence-electron chi connectivity index (χ3n) is 1.70. The standard InChI is InChI=1S/C9H16N2O5/c1-3-6(2)10-9(15)11-7(12)4-16-5-8(13)14/h6H,3-5H2,1-2H3,(H,13,14)(H2,10,11,12,15). The predicted octanol–water partition coefficient (Wildman–Crippen LogP) is -0.288. The van der Waals surface area contributed by atoms with E-state index in [4.69, 9.17) is 5.11 Å². The van der Waals surface area contributed by atoms with Gasteiger partial charge in [-0.15, -0.1) is 0 Å². The highest BCUT2D eigenvalue weighted by atomic mass is 16.5. The summed E-state index contributed by atoms with van der Waals surface area (Å²) in [6.07, 6.45) is 0.747. The fraction of sp³-hybridized carbons (Fsp3) is 0.667. The Morgan fingerprint density at radius 3 is 2.44 bits per heavy atom. The molecule has 0 aliphatic heterocycles. The number of urea groups is 1. The van der Waals surface area contributed by atoms with Gasteiger partial charge in [-0.1, -0.05) is 6.92 Å². The molecule has 0 aliphatic carbocycles. The SMILES string of the molecule is CCC(C)NC(=O)NC(=O)COCC(=O)O. The molecule has 16 heavy (non-hydrogen) atoms. The van der Waals surface area contributed by atoms with Crippen molar-refractivity contribution in [2.45, 2.75) is 26.3 Å². The van der Waals surface area contributed by atoms with E-state index in [0.29, 0.717) is 0 Å². The van der Waals surface area contributed by atoms with Crippen molar-refractivity contribution in [2.24, 2.45) is 0 Å². The number of carbonyl (C=O) groups excluding carboxylic acids is 2. The van der Waals surface area contributed by atoms with Gasteiger partial charge in [0.2, 0.25) is 0 Å². The average molecular weight is 232 g/mol. The van der Waals surface area contributed by atoms with Crippen molar-refractivity contribution in [3.05, 3.63) is 0 Å². The van der Waals surface area contributed by atoms with Crippen LogP contribution >= 0.6 is 0 Å². The molecule has 0 heterocycles. The molecule has 0 saturated carbocycles. The molecule has 0 bridgehead atoms. The highest BCUT2D eigenvalue weighted by Gasteiger charge is 2.10. The number of carboxylic acids is 1. The fourth-order valence-corrected chi connectivity index (χ4v) is 0.756. The minimum Gasteiger partial charge on any atom is -0.480 e. The van der Waals surface area contributed by atoms with E-state index in [1.807, 2.05) is 12.2 Å². The van der Waals surface area contributed by atoms with Crippen LogP contribution in [0.15, 0.2) is 0 Å². The molecule has 7 nitrogen and oxygen atoms in total. The van der Waals surface area contributed by atoms with Gasteiger partial charge in [-0.05, 0) is 13.3 Å². The second kappa shape index (κ2) is 7.63. The molecule has 0 spiro atoms. The summed E-state index contributed by atoms with van der Waals surface area (Å²) in [5.41, 5.74) is 0. The summed E-state index contributed by atoms with van der Waals surface area (Å²) < 4.78 is 4.50. The Hall–Kier alpha value is -1.63. The summed E-state index contributed by atoms with van der Waals surface area (Å²) in [5, 5.41) is 12.8. The number of ether oxygens (including phenoxy) is 1. The molecule has 3 N–H and O–H groups in total. The molecule has 3 amide bonds. The summed E-state index contributed by atoms with van der Waals surface area (Å²) in [6.45, 7) is 2.66. The lowest BCUT2D eigenvalue weighted by Gasteiger charge is -2.11. The second-order valence-corrected chi connectivity index (χ2v) is 3.22. The first-order valence-corrected chi connectivity index (χ1v) is 4.85. The van der Waals surface area contributed by atoms with Crippen LogP contribution in [0.25, 0.3) is 0 Å². The van der Waals surface area contributed by atoms with Gasteiger partial charge in [-0.25, -0.2) is 9.59 Å². The van der Waals surface area contributed by atoms with Gasteiger partial charge in [-0.2, -0.15) is 0 Å². The average Bonchev–Trinajstić information content (AvgIpc) is 2.16. The number of aliphatic carboxylic acids is 1. The Bertz CT molecular complexity index is 267. The molecule has 0 aliphatic rings. The number of hydrogen-bond donors (Lipinski definition) is 3. The summed E-state index contributed by atoms with van der Waals surface area (Å²) in [6, 6.07) is -0.647. The summed E-state index contributed by atoms with van der Waals surface area (Å²) in [5.74, 6) is -1.85. The Kier molecular flexibility index (Phi) is 6.86. The third-order valence-corrected chi connectivity index (χ3v) is 1.70. The van der Waals surface area contributed by atoms with Crippen LogP contribution in [0.4, 0.5) is 4.79 Å². The van der Waals surface area contributed by atoms with Crippen LogP contribution < -0.4 is 10.6 Å². The maximum Gasteiger partial charge on any atom is 0.329 e. The van der Waals surface area contributed by atoms with Crippen molar-refractivity contribution < 1.29 is 24.2 Å². The van der Waals surface area contributed by atoms with Crippen molar-refractivity contribution in [1.82, 2.24) is 10.6 Å². The van der Waals surface area contributed by atoms with Gasteiger partial charge in [0.15, 0.2) is 0 Å². The molecule has 0 aromatic rings. The summed E-state index contributed by atoms with van der Waals surface area (Å²) >= 11 is 0. The van der Waals surface area contributed by atoms with E-state index in [2.05, 4.69) is 10.1 Å². The summed E-state index contributed by atoms with van der Waals surface area (Å²) in [7, 11) is 0. The molecule has 1 unspecified atom stereocenters. The van der Waals surface area contributed by atoms with Crippen LogP contribution in [0.2, 0.25) is 0 Å². The predicted molar refractivity (Wildman–Crippen MR) is 54.9 cm³/mol. The van der Waals surface area contributed by atoms with Gasteiger partial charge in [-0.3, -0.25) is 10.1 Å². The van der Waals surface area contributed by atoms with Crippen molar-refractivity contribution >= 4 is 17.9 Å². The van der Waals surface area contributed by atoms with Crippen molar-refractivity contribution in [3.63, 3.8) is 0 Å². The first-order chi connectivity index (χ1) is 7.45. The van der Waals surface area contributed by atoms with Crippen molar-refractivity contribution in [1.29, 1.82) is 0 Å². The van der Waals surface area contributed by atoms with E-state index in [0.717, 1.165) is 6.42 Å². The van der Waals surface area contributed by atoms with Crippen LogP contribution in [0.5, 0.6) is 0 Å². The zero-order chi connectivity index (χ0) is 12.6. The van der Waals surface area contributed by atoms with Gasteiger partial charge in [0.1, 0.15) is 13.2 Å². The molecule has 0 rings (SSSR count).